The predicted octanol–water partition coefficient (Wildman–Crippen LogP) is 4.13. The number of sulfonamides is 1. The average Bonchev–Trinajstić information content (AvgIpc) is 2.83. The van der Waals surface area contributed by atoms with Crippen molar-refractivity contribution in [3.05, 3.63) is 60.7 Å². The first-order chi connectivity index (χ1) is 15.8. The Morgan fingerprint density at radius 2 is 1.67 bits per heavy atom. The maximum atomic E-state index is 13.1. The molecule has 0 spiro atoms. The van der Waals surface area contributed by atoms with Crippen molar-refractivity contribution < 1.29 is 13.2 Å². The number of benzene rings is 3. The first kappa shape index (κ1) is 23.1. The van der Waals surface area contributed by atoms with Crippen molar-refractivity contribution in [2.45, 2.75) is 24.2 Å². The molecule has 8 heteroatoms. The lowest BCUT2D eigenvalue weighted by molar-refractivity contribution is -0.114. The highest BCUT2D eigenvalue weighted by molar-refractivity contribution is 7.89. The number of carbonyl (C=O) groups is 1. The van der Waals surface area contributed by atoms with Crippen molar-refractivity contribution in [3.8, 4) is 0 Å². The zero-order chi connectivity index (χ0) is 23.4. The number of amides is 1. The Morgan fingerprint density at radius 1 is 0.939 bits per heavy atom. The van der Waals surface area contributed by atoms with Crippen molar-refractivity contribution >= 4 is 43.8 Å². The molecule has 4 rings (SSSR count). The van der Waals surface area contributed by atoms with Gasteiger partial charge in [-0.1, -0.05) is 36.8 Å². The largest absolute Gasteiger partial charge is 0.376 e. The third-order valence-corrected chi connectivity index (χ3v) is 7.77. The molecule has 33 heavy (non-hydrogen) atoms. The molecule has 1 saturated heterocycles. The number of nitrogens with zero attached hydrogens (tertiary/aromatic N) is 2. The molecule has 3 aromatic rings. The van der Waals surface area contributed by atoms with Gasteiger partial charge in [-0.3, -0.25) is 4.79 Å². The third-order valence-electron chi connectivity index (χ3n) is 5.88. The van der Waals surface area contributed by atoms with Crippen LogP contribution in [0, 0.1) is 0 Å². The maximum absolute atomic E-state index is 13.1. The number of nitrogens with one attached hydrogen (secondary N) is 2. The molecule has 1 aliphatic rings. The van der Waals surface area contributed by atoms with Crippen molar-refractivity contribution in [1.29, 1.82) is 0 Å². The van der Waals surface area contributed by atoms with Crippen LogP contribution in [0.15, 0.2) is 65.6 Å². The second-order valence-electron chi connectivity index (χ2n) is 8.50. The quantitative estimate of drug-likeness (QED) is 0.547. The number of fused-ring (bicyclic) bond motifs is 1. The van der Waals surface area contributed by atoms with E-state index in [1.54, 1.807) is 22.5 Å². The molecule has 0 aliphatic carbocycles. The Labute approximate surface area is 195 Å². The zero-order valence-electron chi connectivity index (χ0n) is 19.0. The van der Waals surface area contributed by atoms with Crippen LogP contribution < -0.4 is 15.5 Å². The van der Waals surface area contributed by atoms with Gasteiger partial charge in [-0.15, -0.1) is 0 Å². The third kappa shape index (κ3) is 5.29. The highest BCUT2D eigenvalue weighted by Crippen LogP contribution is 2.30. The Hall–Kier alpha value is -3.10. The Balaban J connectivity index is 1.49. The van der Waals surface area contributed by atoms with Gasteiger partial charge in [-0.2, -0.15) is 4.31 Å². The number of hydrogen-bond donors (Lipinski definition) is 2. The Bertz CT molecular complexity index is 1250. The van der Waals surface area contributed by atoms with E-state index in [9.17, 15) is 13.2 Å². The van der Waals surface area contributed by atoms with Crippen LogP contribution in [0.2, 0.25) is 0 Å². The molecule has 7 nitrogen and oxygen atoms in total. The standard InChI is InChI=1S/C25H30N4O3S/c1-28(2)24-13-12-22(33(31,32)29-14-6-3-7-15-29)17-23(24)26-18-25(30)27-21-11-10-19-8-4-5-9-20(19)16-21/h4-5,8-13,16-17,26H,3,6-7,14-15,18H2,1-2H3,(H,27,30). The number of carbonyl (C=O) groups excluding carboxylic acids is 1. The molecule has 0 radical (unpaired) electrons. The Morgan fingerprint density at radius 3 is 2.39 bits per heavy atom. The van der Waals surface area contributed by atoms with Gasteiger partial charge >= 0.3 is 0 Å². The molecule has 174 valence electrons. The highest BCUT2D eigenvalue weighted by Gasteiger charge is 2.26. The minimum atomic E-state index is -3.56. The minimum absolute atomic E-state index is 0.0148. The van der Waals surface area contributed by atoms with E-state index in [0.29, 0.717) is 18.8 Å². The van der Waals surface area contributed by atoms with Gasteiger partial charge in [-0.25, -0.2) is 8.42 Å². The number of hydrogen-bond acceptors (Lipinski definition) is 5. The molecular formula is C25H30N4O3S. The van der Waals surface area contributed by atoms with E-state index in [-0.39, 0.29) is 17.3 Å². The van der Waals surface area contributed by atoms with E-state index < -0.39 is 10.0 Å². The molecular weight excluding hydrogens is 436 g/mol. The van der Waals surface area contributed by atoms with Crippen LogP contribution in [-0.4, -0.2) is 52.4 Å². The van der Waals surface area contributed by atoms with Crippen LogP contribution in [-0.2, 0) is 14.8 Å². The molecule has 1 aliphatic heterocycles. The van der Waals surface area contributed by atoms with Crippen LogP contribution in [0.1, 0.15) is 19.3 Å². The summed E-state index contributed by atoms with van der Waals surface area (Å²) in [5, 5.41) is 8.20. The fourth-order valence-electron chi connectivity index (χ4n) is 4.11. The molecule has 3 aromatic carbocycles. The van der Waals surface area contributed by atoms with E-state index >= 15 is 0 Å². The number of piperidine rings is 1. The van der Waals surface area contributed by atoms with Gasteiger partial charge in [0, 0.05) is 32.9 Å². The summed E-state index contributed by atoms with van der Waals surface area (Å²) in [5.41, 5.74) is 2.13. The van der Waals surface area contributed by atoms with Crippen molar-refractivity contribution in [2.24, 2.45) is 0 Å². The lowest BCUT2D eigenvalue weighted by Crippen LogP contribution is -2.35. The van der Waals surface area contributed by atoms with Crippen LogP contribution in [0.25, 0.3) is 10.8 Å². The van der Waals surface area contributed by atoms with Gasteiger partial charge in [0.2, 0.25) is 15.9 Å². The molecule has 2 N–H and O–H groups in total. The van der Waals surface area contributed by atoms with E-state index in [1.165, 1.54) is 0 Å². The van der Waals surface area contributed by atoms with Crippen molar-refractivity contribution in [2.75, 3.05) is 49.3 Å². The molecule has 1 fully saturated rings. The summed E-state index contributed by atoms with van der Waals surface area (Å²) in [6.07, 6.45) is 2.83. The van der Waals surface area contributed by atoms with Gasteiger partial charge in [0.05, 0.1) is 22.8 Å². The maximum Gasteiger partial charge on any atom is 0.243 e. The average molecular weight is 467 g/mol. The summed E-state index contributed by atoms with van der Waals surface area (Å²) in [5.74, 6) is -0.209. The smallest absolute Gasteiger partial charge is 0.243 e. The highest BCUT2D eigenvalue weighted by atomic mass is 32.2. The summed E-state index contributed by atoms with van der Waals surface area (Å²) < 4.78 is 27.8. The second kappa shape index (κ2) is 9.80. The van der Waals surface area contributed by atoms with E-state index in [1.807, 2.05) is 61.5 Å². The van der Waals surface area contributed by atoms with Crippen molar-refractivity contribution in [1.82, 2.24) is 4.31 Å². The second-order valence-corrected chi connectivity index (χ2v) is 10.4. The van der Waals surface area contributed by atoms with Gasteiger partial charge in [0.25, 0.3) is 0 Å². The SMILES string of the molecule is CN(C)c1ccc(S(=O)(=O)N2CCCCC2)cc1NCC(=O)Nc1ccc2ccccc2c1. The summed E-state index contributed by atoms with van der Waals surface area (Å²) >= 11 is 0. The minimum Gasteiger partial charge on any atom is -0.376 e. The van der Waals surface area contributed by atoms with Crippen molar-refractivity contribution in [3.63, 3.8) is 0 Å². The first-order valence-corrected chi connectivity index (χ1v) is 12.6. The Kier molecular flexibility index (Phi) is 6.85. The molecule has 0 unspecified atom stereocenters. The van der Waals surface area contributed by atoms with E-state index in [0.717, 1.165) is 41.4 Å². The first-order valence-electron chi connectivity index (χ1n) is 11.2. The molecule has 0 aromatic heterocycles. The molecule has 1 heterocycles. The van der Waals surface area contributed by atoms with E-state index in [4.69, 9.17) is 0 Å². The molecule has 0 atom stereocenters. The summed E-state index contributed by atoms with van der Waals surface area (Å²) in [4.78, 5) is 14.8. The topological polar surface area (TPSA) is 81.8 Å². The van der Waals surface area contributed by atoms with Crippen LogP contribution in [0.3, 0.4) is 0 Å². The molecule has 0 saturated carbocycles. The predicted molar refractivity (Wildman–Crippen MR) is 134 cm³/mol. The summed E-state index contributed by atoms with van der Waals surface area (Å²) in [6.45, 7) is 1.12. The molecule has 0 bridgehead atoms. The van der Waals surface area contributed by atoms with Gasteiger partial charge in [0.1, 0.15) is 0 Å². The van der Waals surface area contributed by atoms with Gasteiger partial charge in [0.15, 0.2) is 0 Å². The summed E-state index contributed by atoms with van der Waals surface area (Å²) in [7, 11) is 0.206. The monoisotopic (exact) mass is 466 g/mol. The van der Waals surface area contributed by atoms with Crippen LogP contribution >= 0.6 is 0 Å². The fraction of sp³-hybridized carbons (Fsp3) is 0.320. The lowest BCUT2D eigenvalue weighted by atomic mass is 10.1. The lowest BCUT2D eigenvalue weighted by Gasteiger charge is -2.27. The number of rotatable bonds is 7. The number of anilines is 3. The van der Waals surface area contributed by atoms with Gasteiger partial charge in [-0.05, 0) is 53.9 Å². The summed E-state index contributed by atoms with van der Waals surface area (Å²) in [6, 6.07) is 18.8. The zero-order valence-corrected chi connectivity index (χ0v) is 19.9. The van der Waals surface area contributed by atoms with Gasteiger partial charge < -0.3 is 15.5 Å². The normalized spacial score (nSPS) is 14.7. The van der Waals surface area contributed by atoms with E-state index in [2.05, 4.69) is 10.6 Å². The molecule has 1 amide bonds. The van der Waals surface area contributed by atoms with Crippen LogP contribution in [0.5, 0.6) is 0 Å². The fourth-order valence-corrected chi connectivity index (χ4v) is 5.65. The van der Waals surface area contributed by atoms with Crippen LogP contribution in [0.4, 0.5) is 17.1 Å².